The molecule has 1 atom stereocenters. The number of hydrogen-bond acceptors (Lipinski definition) is 3. The Balaban J connectivity index is 1.78. The van der Waals surface area contributed by atoms with Gasteiger partial charge in [-0.1, -0.05) is 38.0 Å². The summed E-state index contributed by atoms with van der Waals surface area (Å²) in [6.45, 7) is 4.27. The van der Waals surface area contributed by atoms with Gasteiger partial charge in [-0.05, 0) is 38.3 Å². The highest BCUT2D eigenvalue weighted by atomic mass is 16.2. The van der Waals surface area contributed by atoms with Gasteiger partial charge in [0, 0.05) is 34.7 Å². The average molecular weight is 379 g/mol. The number of nitrogens with one attached hydrogen (secondary N) is 1. The summed E-state index contributed by atoms with van der Waals surface area (Å²) >= 11 is 0. The fourth-order valence-corrected chi connectivity index (χ4v) is 4.23. The van der Waals surface area contributed by atoms with Gasteiger partial charge in [0.2, 0.25) is 0 Å². The van der Waals surface area contributed by atoms with Gasteiger partial charge in [0.15, 0.2) is 0 Å². The Morgan fingerprint density at radius 2 is 1.89 bits per heavy atom. The lowest BCUT2D eigenvalue weighted by Gasteiger charge is -2.31. The second-order valence-electron chi connectivity index (χ2n) is 7.70. The number of urea groups is 1. The van der Waals surface area contributed by atoms with Gasteiger partial charge in [-0.2, -0.15) is 0 Å². The van der Waals surface area contributed by atoms with Crippen LogP contribution < -0.4 is 5.32 Å². The molecule has 1 aliphatic carbocycles. The molecule has 4 rings (SSSR count). The van der Waals surface area contributed by atoms with Crippen LogP contribution in [0.2, 0.25) is 0 Å². The lowest BCUT2D eigenvalue weighted by molar-refractivity contribution is -0.131. The SMILES string of the molecule is CC[C@@H](C)n1cc(/C=C2\C(=O)NC(=O)N(C3CCCC3)C2=O)c2ccccc21. The van der Waals surface area contributed by atoms with Crippen LogP contribution in [-0.4, -0.2) is 33.4 Å². The second kappa shape index (κ2) is 7.26. The number of rotatable bonds is 4. The maximum Gasteiger partial charge on any atom is 0.331 e. The Labute approximate surface area is 164 Å². The minimum absolute atomic E-state index is 0.0264. The van der Waals surface area contributed by atoms with E-state index >= 15 is 0 Å². The van der Waals surface area contributed by atoms with Gasteiger partial charge in [0.25, 0.3) is 11.8 Å². The lowest BCUT2D eigenvalue weighted by atomic mass is 10.0. The van der Waals surface area contributed by atoms with Gasteiger partial charge in [0.1, 0.15) is 5.57 Å². The number of nitrogens with zero attached hydrogens (tertiary/aromatic N) is 2. The molecule has 6 heteroatoms. The molecule has 146 valence electrons. The number of aromatic nitrogens is 1. The first kappa shape index (κ1) is 18.5. The Morgan fingerprint density at radius 3 is 2.61 bits per heavy atom. The monoisotopic (exact) mass is 379 g/mol. The third kappa shape index (κ3) is 3.03. The van der Waals surface area contributed by atoms with Crippen molar-refractivity contribution in [1.29, 1.82) is 0 Å². The van der Waals surface area contributed by atoms with E-state index in [0.29, 0.717) is 6.04 Å². The Kier molecular flexibility index (Phi) is 4.79. The van der Waals surface area contributed by atoms with Gasteiger partial charge in [-0.3, -0.25) is 19.8 Å². The van der Waals surface area contributed by atoms with Crippen molar-refractivity contribution >= 4 is 34.8 Å². The maximum atomic E-state index is 13.0. The highest BCUT2D eigenvalue weighted by Gasteiger charge is 2.40. The molecule has 2 aliphatic rings. The topological polar surface area (TPSA) is 71.4 Å². The fourth-order valence-electron chi connectivity index (χ4n) is 4.23. The van der Waals surface area contributed by atoms with Crippen molar-refractivity contribution in [2.24, 2.45) is 0 Å². The largest absolute Gasteiger partial charge is 0.344 e. The fraction of sp³-hybridized carbons (Fsp3) is 0.409. The zero-order chi connectivity index (χ0) is 19.8. The molecule has 1 aromatic carbocycles. The zero-order valence-corrected chi connectivity index (χ0v) is 16.3. The van der Waals surface area contributed by atoms with Crippen LogP contribution in [0.1, 0.15) is 57.6 Å². The van der Waals surface area contributed by atoms with Gasteiger partial charge in [-0.25, -0.2) is 4.79 Å². The van der Waals surface area contributed by atoms with E-state index in [1.165, 1.54) is 4.90 Å². The van der Waals surface area contributed by atoms with Crippen molar-refractivity contribution in [3.8, 4) is 0 Å². The number of carbonyl (C=O) groups is 3. The first-order valence-electron chi connectivity index (χ1n) is 10.0. The third-order valence-corrected chi connectivity index (χ3v) is 5.96. The van der Waals surface area contributed by atoms with E-state index in [-0.39, 0.29) is 11.6 Å². The van der Waals surface area contributed by atoms with Gasteiger partial charge < -0.3 is 4.57 Å². The van der Waals surface area contributed by atoms with E-state index in [1.54, 1.807) is 6.08 Å². The minimum atomic E-state index is -0.621. The van der Waals surface area contributed by atoms with Crippen LogP contribution in [-0.2, 0) is 9.59 Å². The van der Waals surface area contributed by atoms with Crippen LogP contribution in [0.5, 0.6) is 0 Å². The molecular weight excluding hydrogens is 354 g/mol. The van der Waals surface area contributed by atoms with E-state index in [0.717, 1.165) is 48.6 Å². The van der Waals surface area contributed by atoms with E-state index < -0.39 is 17.8 Å². The number of amides is 4. The van der Waals surface area contributed by atoms with Crippen molar-refractivity contribution in [2.45, 2.75) is 58.0 Å². The summed E-state index contributed by atoms with van der Waals surface area (Å²) in [7, 11) is 0. The summed E-state index contributed by atoms with van der Waals surface area (Å²) in [6.07, 6.45) is 8.18. The van der Waals surface area contributed by atoms with Crippen LogP contribution in [0.4, 0.5) is 4.79 Å². The van der Waals surface area contributed by atoms with E-state index in [4.69, 9.17) is 0 Å². The normalized spacial score (nSPS) is 21.0. The van der Waals surface area contributed by atoms with E-state index in [1.807, 2.05) is 30.5 Å². The summed E-state index contributed by atoms with van der Waals surface area (Å²) in [5.74, 6) is -1.11. The number of benzene rings is 1. The van der Waals surface area contributed by atoms with Gasteiger partial charge >= 0.3 is 6.03 Å². The lowest BCUT2D eigenvalue weighted by Crippen LogP contribution is -2.57. The minimum Gasteiger partial charge on any atom is -0.344 e. The molecule has 0 radical (unpaired) electrons. The zero-order valence-electron chi connectivity index (χ0n) is 16.3. The molecule has 1 aliphatic heterocycles. The molecule has 28 heavy (non-hydrogen) atoms. The second-order valence-corrected chi connectivity index (χ2v) is 7.70. The highest BCUT2D eigenvalue weighted by Crippen LogP contribution is 2.30. The Bertz CT molecular complexity index is 982. The highest BCUT2D eigenvalue weighted by molar-refractivity contribution is 6.31. The van der Waals surface area contributed by atoms with Crippen LogP contribution in [0.3, 0.4) is 0 Å². The number of fused-ring (bicyclic) bond motifs is 1. The molecular formula is C22H25N3O3. The summed E-state index contributed by atoms with van der Waals surface area (Å²) in [5, 5.41) is 3.33. The van der Waals surface area contributed by atoms with E-state index in [2.05, 4.69) is 23.7 Å². The van der Waals surface area contributed by atoms with Crippen molar-refractivity contribution in [1.82, 2.24) is 14.8 Å². The van der Waals surface area contributed by atoms with Crippen LogP contribution >= 0.6 is 0 Å². The Morgan fingerprint density at radius 1 is 1.18 bits per heavy atom. The quantitative estimate of drug-likeness (QED) is 0.644. The third-order valence-electron chi connectivity index (χ3n) is 5.96. The molecule has 0 unspecified atom stereocenters. The number of para-hydroxylation sites is 1. The van der Waals surface area contributed by atoms with E-state index in [9.17, 15) is 14.4 Å². The molecule has 1 saturated heterocycles. The van der Waals surface area contributed by atoms with Crippen LogP contribution in [0, 0.1) is 0 Å². The Hall–Kier alpha value is -2.89. The maximum absolute atomic E-state index is 13.0. The molecule has 1 aromatic heterocycles. The predicted octanol–water partition coefficient (Wildman–Crippen LogP) is 4.02. The van der Waals surface area contributed by atoms with Crippen LogP contribution in [0.15, 0.2) is 36.0 Å². The molecule has 2 fully saturated rings. The summed E-state index contributed by atoms with van der Waals surface area (Å²) < 4.78 is 2.17. The predicted molar refractivity (Wildman–Crippen MR) is 108 cm³/mol. The molecule has 1 N–H and O–H groups in total. The molecule has 1 saturated carbocycles. The summed E-state index contributed by atoms with van der Waals surface area (Å²) in [6, 6.07) is 7.54. The molecule has 4 amide bonds. The van der Waals surface area contributed by atoms with Crippen molar-refractivity contribution in [2.75, 3.05) is 0 Å². The standard InChI is InChI=1S/C22H25N3O3/c1-3-14(2)24-13-15(17-10-6-7-11-19(17)24)12-18-20(26)23-22(28)25(21(18)27)16-8-4-5-9-16/h6-7,10-14,16H,3-5,8-9H2,1-2H3,(H,23,26,28)/b18-12+/t14-/m1/s1. The smallest absolute Gasteiger partial charge is 0.331 e. The number of barbiturate groups is 1. The molecule has 0 bridgehead atoms. The summed E-state index contributed by atoms with van der Waals surface area (Å²) in [5.41, 5.74) is 1.91. The van der Waals surface area contributed by atoms with Gasteiger partial charge in [0.05, 0.1) is 0 Å². The van der Waals surface area contributed by atoms with Gasteiger partial charge in [-0.15, -0.1) is 0 Å². The molecule has 2 aromatic rings. The summed E-state index contributed by atoms with van der Waals surface area (Å²) in [4.78, 5) is 39.0. The number of hydrogen-bond donors (Lipinski definition) is 1. The van der Waals surface area contributed by atoms with Crippen molar-refractivity contribution in [3.05, 3.63) is 41.6 Å². The average Bonchev–Trinajstić information content (AvgIpc) is 3.33. The first-order chi connectivity index (χ1) is 13.5. The number of carbonyl (C=O) groups excluding carboxylic acids is 3. The molecule has 6 nitrogen and oxygen atoms in total. The van der Waals surface area contributed by atoms with Crippen LogP contribution in [0.25, 0.3) is 17.0 Å². The molecule has 0 spiro atoms. The molecule has 2 heterocycles. The first-order valence-corrected chi connectivity index (χ1v) is 10.0. The van der Waals surface area contributed by atoms with Crippen molar-refractivity contribution in [3.63, 3.8) is 0 Å². The van der Waals surface area contributed by atoms with Crippen molar-refractivity contribution < 1.29 is 14.4 Å². The number of imide groups is 2.